The number of thiophene rings is 1. The lowest BCUT2D eigenvalue weighted by Crippen LogP contribution is -2.22. The fourth-order valence-electron chi connectivity index (χ4n) is 3.24. The van der Waals surface area contributed by atoms with Crippen molar-refractivity contribution in [1.29, 1.82) is 0 Å². The lowest BCUT2D eigenvalue weighted by Gasteiger charge is -2.13. The van der Waals surface area contributed by atoms with E-state index in [-0.39, 0.29) is 6.54 Å². The highest BCUT2D eigenvalue weighted by Crippen LogP contribution is 2.39. The molecule has 1 aliphatic rings. The van der Waals surface area contributed by atoms with E-state index in [1.165, 1.54) is 23.3 Å². The minimum Gasteiger partial charge on any atom is -0.368 e. The normalized spacial score (nSPS) is 13.5. The first-order chi connectivity index (χ1) is 13.1. The number of hydrogen-bond acceptors (Lipinski definition) is 6. The predicted octanol–water partition coefficient (Wildman–Crippen LogP) is 4.41. The number of nitrogens with two attached hydrogens (primary N) is 1. The Morgan fingerprint density at radius 1 is 1.22 bits per heavy atom. The molecular weight excluding hydrogens is 400 g/mol. The van der Waals surface area contributed by atoms with Gasteiger partial charge in [0.25, 0.3) is 0 Å². The minimum absolute atomic E-state index is 0.0699. The molecule has 0 fully saturated rings. The third-order valence-corrected chi connectivity index (χ3v) is 6.92. The number of nitrogens with one attached hydrogen (secondary N) is 1. The van der Waals surface area contributed by atoms with Crippen LogP contribution in [0.15, 0.2) is 29.2 Å². The Morgan fingerprint density at radius 3 is 2.78 bits per heavy atom. The largest absolute Gasteiger partial charge is 0.368 e. The minimum atomic E-state index is -0.400. The maximum atomic E-state index is 11.3. The highest BCUT2D eigenvalue weighted by Gasteiger charge is 2.21. The molecule has 0 radical (unpaired) electrons. The molecule has 0 atom stereocenters. The van der Waals surface area contributed by atoms with E-state index in [0.29, 0.717) is 5.75 Å². The SMILES string of the molecule is NC(=O)CNc1nc(CSc2ccc(Cl)cc2)nc2sc3c(c12)CCCC3. The summed E-state index contributed by atoms with van der Waals surface area (Å²) in [5.74, 6) is 1.71. The molecule has 0 saturated carbocycles. The molecule has 1 aromatic carbocycles. The van der Waals surface area contributed by atoms with Crippen molar-refractivity contribution in [3.8, 4) is 0 Å². The van der Waals surface area contributed by atoms with Gasteiger partial charge in [0.1, 0.15) is 16.5 Å². The van der Waals surface area contributed by atoms with Crippen LogP contribution in [0.2, 0.25) is 5.02 Å². The van der Waals surface area contributed by atoms with Crippen LogP contribution in [-0.4, -0.2) is 22.4 Å². The van der Waals surface area contributed by atoms with Crippen molar-refractivity contribution in [2.75, 3.05) is 11.9 Å². The molecule has 0 aliphatic heterocycles. The monoisotopic (exact) mass is 418 g/mol. The van der Waals surface area contributed by atoms with E-state index in [4.69, 9.17) is 27.3 Å². The number of hydrogen-bond donors (Lipinski definition) is 2. The Morgan fingerprint density at radius 2 is 2.00 bits per heavy atom. The van der Waals surface area contributed by atoms with Crippen LogP contribution in [0.4, 0.5) is 5.82 Å². The van der Waals surface area contributed by atoms with E-state index in [1.807, 2.05) is 24.3 Å². The summed E-state index contributed by atoms with van der Waals surface area (Å²) in [6, 6.07) is 7.73. The number of carbonyl (C=O) groups excluding carboxylic acids is 1. The van der Waals surface area contributed by atoms with Crippen LogP contribution in [0.1, 0.15) is 29.1 Å². The Labute approximate surface area is 170 Å². The van der Waals surface area contributed by atoms with Crippen LogP contribution >= 0.6 is 34.7 Å². The second-order valence-corrected chi connectivity index (χ2v) is 9.01. The van der Waals surface area contributed by atoms with Gasteiger partial charge in [-0.05, 0) is 55.5 Å². The summed E-state index contributed by atoms with van der Waals surface area (Å²) in [6.45, 7) is 0.0699. The number of rotatable bonds is 6. The number of amides is 1. The highest BCUT2D eigenvalue weighted by atomic mass is 35.5. The summed E-state index contributed by atoms with van der Waals surface area (Å²) in [4.78, 5) is 24.3. The second-order valence-electron chi connectivity index (χ2n) is 6.44. The summed E-state index contributed by atoms with van der Waals surface area (Å²) in [7, 11) is 0. The zero-order chi connectivity index (χ0) is 18.8. The number of aryl methyl sites for hydroxylation is 2. The Kier molecular flexibility index (Phi) is 5.52. The third-order valence-electron chi connectivity index (χ3n) is 4.47. The van der Waals surface area contributed by atoms with Crippen molar-refractivity contribution in [2.45, 2.75) is 36.3 Å². The van der Waals surface area contributed by atoms with Gasteiger partial charge in [-0.2, -0.15) is 0 Å². The molecule has 140 valence electrons. The molecule has 0 saturated heterocycles. The lowest BCUT2D eigenvalue weighted by molar-refractivity contribution is -0.116. The fraction of sp³-hybridized carbons (Fsp3) is 0.316. The van der Waals surface area contributed by atoms with Gasteiger partial charge in [-0.1, -0.05) is 11.6 Å². The highest BCUT2D eigenvalue weighted by molar-refractivity contribution is 7.98. The van der Waals surface area contributed by atoms with Crippen molar-refractivity contribution < 1.29 is 4.79 Å². The van der Waals surface area contributed by atoms with E-state index in [0.717, 1.165) is 44.6 Å². The first-order valence-electron chi connectivity index (χ1n) is 8.82. The molecule has 5 nitrogen and oxygen atoms in total. The molecule has 3 N–H and O–H groups in total. The molecule has 4 rings (SSSR count). The molecule has 2 aromatic heterocycles. The average Bonchev–Trinajstić information content (AvgIpc) is 3.04. The number of carbonyl (C=O) groups is 1. The van der Waals surface area contributed by atoms with Crippen LogP contribution in [0, 0.1) is 0 Å². The summed E-state index contributed by atoms with van der Waals surface area (Å²) in [6.07, 6.45) is 4.54. The Balaban J connectivity index is 1.66. The predicted molar refractivity (Wildman–Crippen MR) is 113 cm³/mol. The summed E-state index contributed by atoms with van der Waals surface area (Å²) in [5.41, 5.74) is 6.66. The summed E-state index contributed by atoms with van der Waals surface area (Å²) in [5, 5.41) is 4.91. The maximum absolute atomic E-state index is 11.3. The second kappa shape index (κ2) is 8.04. The van der Waals surface area contributed by atoms with E-state index < -0.39 is 5.91 Å². The molecule has 27 heavy (non-hydrogen) atoms. The van der Waals surface area contributed by atoms with E-state index in [2.05, 4.69) is 5.32 Å². The number of nitrogens with zero attached hydrogens (tertiary/aromatic N) is 2. The number of thioether (sulfide) groups is 1. The van der Waals surface area contributed by atoms with Crippen LogP contribution in [0.5, 0.6) is 0 Å². The van der Waals surface area contributed by atoms with Crippen LogP contribution < -0.4 is 11.1 Å². The molecule has 8 heteroatoms. The zero-order valence-electron chi connectivity index (χ0n) is 14.6. The third kappa shape index (κ3) is 4.20. The summed E-state index contributed by atoms with van der Waals surface area (Å²) < 4.78 is 0. The maximum Gasteiger partial charge on any atom is 0.236 e. The van der Waals surface area contributed by atoms with Crippen molar-refractivity contribution in [3.63, 3.8) is 0 Å². The Bertz CT molecular complexity index is 988. The Hall–Kier alpha value is -1.83. The summed E-state index contributed by atoms with van der Waals surface area (Å²) >= 11 is 9.36. The fourth-order valence-corrected chi connectivity index (χ4v) is 5.40. The molecule has 1 aliphatic carbocycles. The van der Waals surface area contributed by atoms with E-state index >= 15 is 0 Å². The van der Waals surface area contributed by atoms with E-state index in [9.17, 15) is 4.79 Å². The van der Waals surface area contributed by atoms with Gasteiger partial charge < -0.3 is 11.1 Å². The zero-order valence-corrected chi connectivity index (χ0v) is 17.0. The van der Waals surface area contributed by atoms with Gasteiger partial charge in [-0.25, -0.2) is 9.97 Å². The van der Waals surface area contributed by atoms with Crippen molar-refractivity contribution >= 4 is 56.6 Å². The van der Waals surface area contributed by atoms with Gasteiger partial charge in [0, 0.05) is 14.8 Å². The smallest absolute Gasteiger partial charge is 0.236 e. The van der Waals surface area contributed by atoms with Crippen LogP contribution in [-0.2, 0) is 23.4 Å². The number of halogens is 1. The van der Waals surface area contributed by atoms with Crippen LogP contribution in [0.25, 0.3) is 10.2 Å². The lowest BCUT2D eigenvalue weighted by atomic mass is 9.97. The topological polar surface area (TPSA) is 80.9 Å². The quantitative estimate of drug-likeness (QED) is 0.579. The number of benzene rings is 1. The number of primary amides is 1. The van der Waals surface area contributed by atoms with Gasteiger partial charge in [-0.3, -0.25) is 4.79 Å². The standard InChI is InChI=1S/C19H19ClN4OS2/c20-11-5-7-12(8-6-11)26-10-16-23-18(22-9-15(21)25)17-13-3-1-2-4-14(13)27-19(17)24-16/h5-8H,1-4,9-10H2,(H2,21,25)(H,22,23,24). The van der Waals surface area contributed by atoms with Gasteiger partial charge in [0.2, 0.25) is 5.91 Å². The number of fused-ring (bicyclic) bond motifs is 3. The van der Waals surface area contributed by atoms with E-state index in [1.54, 1.807) is 23.1 Å². The molecule has 0 spiro atoms. The molecular formula is C19H19ClN4OS2. The van der Waals surface area contributed by atoms with Gasteiger partial charge in [0.05, 0.1) is 17.7 Å². The van der Waals surface area contributed by atoms with Crippen molar-refractivity contribution in [2.24, 2.45) is 5.73 Å². The van der Waals surface area contributed by atoms with Crippen molar-refractivity contribution in [1.82, 2.24) is 9.97 Å². The first-order valence-corrected chi connectivity index (χ1v) is 11.0. The van der Waals surface area contributed by atoms with Crippen LogP contribution in [0.3, 0.4) is 0 Å². The number of aromatic nitrogens is 2. The molecule has 2 heterocycles. The van der Waals surface area contributed by atoms with Crippen molar-refractivity contribution in [3.05, 3.63) is 45.6 Å². The van der Waals surface area contributed by atoms with Gasteiger partial charge in [0.15, 0.2) is 0 Å². The molecule has 0 unspecified atom stereocenters. The van der Waals surface area contributed by atoms with Gasteiger partial charge >= 0.3 is 0 Å². The molecule has 3 aromatic rings. The molecule has 1 amide bonds. The average molecular weight is 419 g/mol. The number of anilines is 1. The van der Waals surface area contributed by atoms with Gasteiger partial charge in [-0.15, -0.1) is 23.1 Å². The molecule has 0 bridgehead atoms. The first kappa shape index (κ1) is 18.5.